The highest BCUT2D eigenvalue weighted by Crippen LogP contribution is 2.33. The van der Waals surface area contributed by atoms with Crippen LogP contribution < -0.4 is 15.0 Å². The summed E-state index contributed by atoms with van der Waals surface area (Å²) in [5.74, 6) is 1.84. The first-order chi connectivity index (χ1) is 13.1. The van der Waals surface area contributed by atoms with Gasteiger partial charge in [0, 0.05) is 13.6 Å². The van der Waals surface area contributed by atoms with Gasteiger partial charge in [0.05, 0.1) is 18.2 Å². The number of nitrogens with zero attached hydrogens (tertiary/aromatic N) is 5. The molecule has 27 heavy (non-hydrogen) atoms. The molecule has 8 heteroatoms. The molecule has 0 bridgehead atoms. The van der Waals surface area contributed by atoms with Crippen LogP contribution >= 0.6 is 0 Å². The van der Waals surface area contributed by atoms with Crippen LogP contribution in [0.25, 0.3) is 11.2 Å². The van der Waals surface area contributed by atoms with Gasteiger partial charge in [0.25, 0.3) is 5.91 Å². The zero-order valence-electron chi connectivity index (χ0n) is 15.3. The van der Waals surface area contributed by atoms with Gasteiger partial charge in [0.1, 0.15) is 17.0 Å². The summed E-state index contributed by atoms with van der Waals surface area (Å²) in [6.07, 6.45) is 6.13. The number of anilines is 3. The second-order valence-corrected chi connectivity index (χ2v) is 7.25. The Morgan fingerprint density at radius 1 is 1.30 bits per heavy atom. The van der Waals surface area contributed by atoms with E-state index < -0.39 is 0 Å². The number of pyridine rings is 2. The third-order valence-corrected chi connectivity index (χ3v) is 5.09. The van der Waals surface area contributed by atoms with Crippen molar-refractivity contribution in [2.24, 2.45) is 5.92 Å². The van der Waals surface area contributed by atoms with Gasteiger partial charge in [0.2, 0.25) is 5.88 Å². The van der Waals surface area contributed by atoms with Gasteiger partial charge in [-0.15, -0.1) is 0 Å². The summed E-state index contributed by atoms with van der Waals surface area (Å²) in [4.78, 5) is 27.0. The number of likely N-dealkylation sites (N-methyl/N-ethyl adjacent to an activating group) is 1. The average molecular weight is 364 g/mol. The van der Waals surface area contributed by atoms with E-state index in [9.17, 15) is 4.79 Å². The second kappa shape index (κ2) is 5.94. The summed E-state index contributed by atoms with van der Waals surface area (Å²) in [6.45, 7) is 3.03. The number of hydrogen-bond acceptors (Lipinski definition) is 6. The molecule has 0 radical (unpaired) electrons. The van der Waals surface area contributed by atoms with Crippen LogP contribution in [0.3, 0.4) is 0 Å². The number of rotatable bonds is 4. The Morgan fingerprint density at radius 2 is 2.15 bits per heavy atom. The van der Waals surface area contributed by atoms with Crippen molar-refractivity contribution in [3.8, 4) is 5.88 Å². The standard InChI is InChI=1S/C19H20N6O2/c1-11-5-15(23-18-17(11)21-10-25(18)8-12-3-4-12)22-13-6-14-19(20-7-13)27-9-16(26)24(14)2/h5-7,10,12H,3-4,8-9H2,1-2H3,(H,22,23). The minimum Gasteiger partial charge on any atom is -0.466 e. The number of amides is 1. The molecule has 1 fully saturated rings. The van der Waals surface area contributed by atoms with Gasteiger partial charge in [-0.2, -0.15) is 0 Å². The molecular weight excluding hydrogens is 344 g/mol. The Labute approximate surface area is 156 Å². The first kappa shape index (κ1) is 16.0. The maximum absolute atomic E-state index is 11.8. The van der Waals surface area contributed by atoms with Gasteiger partial charge < -0.3 is 19.5 Å². The molecule has 1 aliphatic heterocycles. The summed E-state index contributed by atoms with van der Waals surface area (Å²) in [6, 6.07) is 3.82. The summed E-state index contributed by atoms with van der Waals surface area (Å²) in [7, 11) is 1.72. The SMILES string of the molecule is Cc1cc(Nc2cnc3c(c2)N(C)C(=O)CO3)nc2c1ncn2CC1CC1. The molecule has 0 atom stereocenters. The largest absolute Gasteiger partial charge is 0.466 e. The first-order valence-corrected chi connectivity index (χ1v) is 9.07. The van der Waals surface area contributed by atoms with E-state index in [0.29, 0.717) is 11.6 Å². The van der Waals surface area contributed by atoms with Gasteiger partial charge >= 0.3 is 0 Å². The molecule has 1 saturated carbocycles. The predicted molar refractivity (Wildman–Crippen MR) is 101 cm³/mol. The highest BCUT2D eigenvalue weighted by atomic mass is 16.5. The van der Waals surface area contributed by atoms with Crippen LogP contribution in [-0.2, 0) is 11.3 Å². The number of aryl methyl sites for hydroxylation is 1. The van der Waals surface area contributed by atoms with E-state index in [1.807, 2.05) is 25.4 Å². The Bertz CT molecular complexity index is 1060. The Balaban J connectivity index is 1.48. The number of ether oxygens (including phenoxy) is 1. The van der Waals surface area contributed by atoms with Crippen molar-refractivity contribution in [3.63, 3.8) is 0 Å². The van der Waals surface area contributed by atoms with Crippen molar-refractivity contribution >= 4 is 34.3 Å². The average Bonchev–Trinajstić information content (AvgIpc) is 3.38. The first-order valence-electron chi connectivity index (χ1n) is 9.07. The molecule has 5 rings (SSSR count). The maximum Gasteiger partial charge on any atom is 0.264 e. The lowest BCUT2D eigenvalue weighted by atomic mass is 10.2. The molecule has 3 aromatic rings. The lowest BCUT2D eigenvalue weighted by Gasteiger charge is -2.25. The van der Waals surface area contributed by atoms with E-state index in [-0.39, 0.29) is 12.5 Å². The third-order valence-electron chi connectivity index (χ3n) is 5.09. The monoisotopic (exact) mass is 364 g/mol. The van der Waals surface area contributed by atoms with Crippen molar-refractivity contribution in [2.45, 2.75) is 26.3 Å². The lowest BCUT2D eigenvalue weighted by Crippen LogP contribution is -2.35. The highest BCUT2D eigenvalue weighted by Gasteiger charge is 2.24. The topological polar surface area (TPSA) is 85.2 Å². The van der Waals surface area contributed by atoms with Crippen molar-refractivity contribution in [2.75, 3.05) is 23.9 Å². The molecule has 4 heterocycles. The van der Waals surface area contributed by atoms with Crippen LogP contribution in [0.15, 0.2) is 24.7 Å². The fraction of sp³-hybridized carbons (Fsp3) is 0.368. The second-order valence-electron chi connectivity index (χ2n) is 7.25. The molecule has 1 N–H and O–H groups in total. The number of nitrogens with one attached hydrogen (secondary N) is 1. The zero-order chi connectivity index (χ0) is 18.5. The number of aromatic nitrogens is 4. The Morgan fingerprint density at radius 3 is 2.96 bits per heavy atom. The minimum atomic E-state index is -0.0965. The highest BCUT2D eigenvalue weighted by molar-refractivity contribution is 5.97. The number of carbonyl (C=O) groups is 1. The van der Waals surface area contributed by atoms with Gasteiger partial charge in [-0.05, 0) is 43.4 Å². The molecule has 2 aliphatic rings. The van der Waals surface area contributed by atoms with Crippen molar-refractivity contribution in [1.29, 1.82) is 0 Å². The molecule has 138 valence electrons. The normalized spacial score (nSPS) is 16.4. The molecule has 0 saturated heterocycles. The molecular formula is C19H20N6O2. The van der Waals surface area contributed by atoms with E-state index in [1.54, 1.807) is 18.1 Å². The van der Waals surface area contributed by atoms with Crippen LogP contribution in [0.1, 0.15) is 18.4 Å². The summed E-state index contributed by atoms with van der Waals surface area (Å²) < 4.78 is 7.51. The summed E-state index contributed by atoms with van der Waals surface area (Å²) >= 11 is 0. The minimum absolute atomic E-state index is 0.0195. The lowest BCUT2D eigenvalue weighted by molar-refractivity contribution is -0.121. The molecule has 1 amide bonds. The van der Waals surface area contributed by atoms with Crippen molar-refractivity contribution in [1.82, 2.24) is 19.5 Å². The number of hydrogen-bond donors (Lipinski definition) is 1. The van der Waals surface area contributed by atoms with Gasteiger partial charge in [-0.1, -0.05) is 0 Å². The quantitative estimate of drug-likeness (QED) is 0.766. The van der Waals surface area contributed by atoms with Crippen LogP contribution in [0.5, 0.6) is 5.88 Å². The fourth-order valence-corrected chi connectivity index (χ4v) is 3.34. The number of fused-ring (bicyclic) bond motifs is 2. The molecule has 3 aromatic heterocycles. The van der Waals surface area contributed by atoms with E-state index in [4.69, 9.17) is 9.72 Å². The fourth-order valence-electron chi connectivity index (χ4n) is 3.34. The van der Waals surface area contributed by atoms with E-state index in [0.717, 1.165) is 40.7 Å². The molecule has 0 unspecified atom stereocenters. The number of imidazole rings is 1. The molecule has 8 nitrogen and oxygen atoms in total. The third kappa shape index (κ3) is 2.87. The van der Waals surface area contributed by atoms with Crippen molar-refractivity contribution in [3.05, 3.63) is 30.2 Å². The molecule has 1 aliphatic carbocycles. The molecule has 0 spiro atoms. The maximum atomic E-state index is 11.8. The summed E-state index contributed by atoms with van der Waals surface area (Å²) in [5, 5.41) is 3.30. The predicted octanol–water partition coefficient (Wildman–Crippen LogP) is 2.64. The Hall–Kier alpha value is -3.16. The van der Waals surface area contributed by atoms with E-state index in [2.05, 4.69) is 19.9 Å². The Kier molecular flexibility index (Phi) is 3.53. The number of carbonyl (C=O) groups excluding carboxylic acids is 1. The van der Waals surface area contributed by atoms with Gasteiger partial charge in [-0.25, -0.2) is 15.0 Å². The van der Waals surface area contributed by atoms with Gasteiger partial charge in [0.15, 0.2) is 12.3 Å². The van der Waals surface area contributed by atoms with Crippen LogP contribution in [-0.4, -0.2) is 39.1 Å². The van der Waals surface area contributed by atoms with Gasteiger partial charge in [-0.3, -0.25) is 4.79 Å². The smallest absolute Gasteiger partial charge is 0.264 e. The van der Waals surface area contributed by atoms with Crippen LogP contribution in [0.4, 0.5) is 17.2 Å². The van der Waals surface area contributed by atoms with Crippen molar-refractivity contribution < 1.29 is 9.53 Å². The van der Waals surface area contributed by atoms with E-state index >= 15 is 0 Å². The summed E-state index contributed by atoms with van der Waals surface area (Å²) in [5.41, 5.74) is 4.29. The van der Waals surface area contributed by atoms with Crippen LogP contribution in [0.2, 0.25) is 0 Å². The molecule has 0 aromatic carbocycles. The zero-order valence-corrected chi connectivity index (χ0v) is 15.3. The van der Waals surface area contributed by atoms with E-state index in [1.165, 1.54) is 12.8 Å². The van der Waals surface area contributed by atoms with Crippen LogP contribution in [0, 0.1) is 12.8 Å².